The van der Waals surface area contributed by atoms with Crippen molar-refractivity contribution >= 4 is 5.91 Å². The summed E-state index contributed by atoms with van der Waals surface area (Å²) in [5, 5.41) is 11.6. The zero-order valence-corrected chi connectivity index (χ0v) is 10.8. The molecule has 18 heavy (non-hydrogen) atoms. The van der Waals surface area contributed by atoms with Crippen molar-refractivity contribution in [2.24, 2.45) is 0 Å². The minimum absolute atomic E-state index is 0.0362. The molecule has 1 heterocycles. The van der Waals surface area contributed by atoms with Crippen LogP contribution in [0.3, 0.4) is 0 Å². The molecule has 0 spiro atoms. The number of unbranched alkanes of at least 4 members (excludes halogenated alkanes) is 3. The maximum Gasteiger partial charge on any atom is 0.267 e. The Bertz CT molecular complexity index is 383. The number of rotatable bonds is 8. The van der Waals surface area contributed by atoms with Crippen LogP contribution < -0.4 is 5.32 Å². The summed E-state index contributed by atoms with van der Waals surface area (Å²) in [7, 11) is 0. The number of carbonyl (C=O) groups is 1. The highest BCUT2D eigenvalue weighted by atomic mass is 16.2. The van der Waals surface area contributed by atoms with E-state index in [2.05, 4.69) is 9.88 Å². The van der Waals surface area contributed by atoms with Gasteiger partial charge in [0.2, 0.25) is 0 Å². The normalized spacial score (nSPS) is 14.7. The zero-order valence-electron chi connectivity index (χ0n) is 10.8. The molecule has 0 atom stereocenters. The number of carbonyl (C=O) groups excluding carboxylic acids is 1. The fourth-order valence-corrected chi connectivity index (χ4v) is 2.14. The Morgan fingerprint density at radius 2 is 2.11 bits per heavy atom. The van der Waals surface area contributed by atoms with Crippen LogP contribution in [-0.4, -0.2) is 28.7 Å². The van der Waals surface area contributed by atoms with Gasteiger partial charge in [-0.2, -0.15) is 0 Å². The van der Waals surface area contributed by atoms with Gasteiger partial charge in [-0.3, -0.25) is 4.79 Å². The van der Waals surface area contributed by atoms with Crippen LogP contribution in [0.4, 0.5) is 0 Å². The minimum Gasteiger partial charge on any atom is -0.396 e. The van der Waals surface area contributed by atoms with Crippen molar-refractivity contribution in [2.75, 3.05) is 13.2 Å². The van der Waals surface area contributed by atoms with Gasteiger partial charge in [-0.1, -0.05) is 12.8 Å². The standard InChI is InChI=1S/C14H22N2O2/c17-11-4-2-1-3-9-15-14(18)13-6-5-10-16(13)12-7-8-12/h5-6,10,12,17H,1-4,7-9,11H2,(H,15,18). The second-order valence-corrected chi connectivity index (χ2v) is 4.93. The number of aliphatic hydroxyl groups excluding tert-OH is 1. The van der Waals surface area contributed by atoms with Gasteiger partial charge in [0, 0.05) is 25.4 Å². The lowest BCUT2D eigenvalue weighted by Crippen LogP contribution is -2.26. The number of hydrogen-bond acceptors (Lipinski definition) is 2. The Labute approximate surface area is 108 Å². The summed E-state index contributed by atoms with van der Waals surface area (Å²) < 4.78 is 2.08. The van der Waals surface area contributed by atoms with E-state index in [-0.39, 0.29) is 12.5 Å². The maximum absolute atomic E-state index is 12.0. The van der Waals surface area contributed by atoms with E-state index in [4.69, 9.17) is 5.11 Å². The van der Waals surface area contributed by atoms with E-state index in [0.29, 0.717) is 6.04 Å². The van der Waals surface area contributed by atoms with Gasteiger partial charge < -0.3 is 15.0 Å². The monoisotopic (exact) mass is 250 g/mol. The fraction of sp³-hybridized carbons (Fsp3) is 0.643. The third-order valence-corrected chi connectivity index (χ3v) is 3.32. The smallest absolute Gasteiger partial charge is 0.267 e. The summed E-state index contributed by atoms with van der Waals surface area (Å²) in [6.07, 6.45) is 8.31. The molecule has 1 aliphatic rings. The molecule has 1 fully saturated rings. The van der Waals surface area contributed by atoms with Gasteiger partial charge in [0.15, 0.2) is 0 Å². The lowest BCUT2D eigenvalue weighted by molar-refractivity contribution is 0.0943. The summed E-state index contributed by atoms with van der Waals surface area (Å²) in [5.74, 6) is 0.0362. The van der Waals surface area contributed by atoms with E-state index >= 15 is 0 Å². The first-order chi connectivity index (χ1) is 8.83. The maximum atomic E-state index is 12.0. The SMILES string of the molecule is O=C(NCCCCCCO)c1cccn1C1CC1. The van der Waals surface area contributed by atoms with Crippen LogP contribution in [0.5, 0.6) is 0 Å². The highest BCUT2D eigenvalue weighted by molar-refractivity contribution is 5.92. The van der Waals surface area contributed by atoms with Crippen LogP contribution in [-0.2, 0) is 0 Å². The predicted molar refractivity (Wildman–Crippen MR) is 70.6 cm³/mol. The Kier molecular flexibility index (Phi) is 4.81. The molecule has 0 aromatic carbocycles. The molecule has 0 radical (unpaired) electrons. The molecule has 0 bridgehead atoms. The minimum atomic E-state index is 0.0362. The van der Waals surface area contributed by atoms with Crippen LogP contribution in [0.1, 0.15) is 55.1 Å². The van der Waals surface area contributed by atoms with Gasteiger partial charge in [0.05, 0.1) is 0 Å². The molecule has 0 saturated heterocycles. The van der Waals surface area contributed by atoms with Crippen molar-refractivity contribution in [3.63, 3.8) is 0 Å². The number of nitrogens with zero attached hydrogens (tertiary/aromatic N) is 1. The van der Waals surface area contributed by atoms with Crippen molar-refractivity contribution in [2.45, 2.75) is 44.6 Å². The van der Waals surface area contributed by atoms with E-state index < -0.39 is 0 Å². The second kappa shape index (κ2) is 6.59. The van der Waals surface area contributed by atoms with Crippen LogP contribution >= 0.6 is 0 Å². The molecule has 4 nitrogen and oxygen atoms in total. The Balaban J connectivity index is 1.69. The molecule has 1 amide bonds. The topological polar surface area (TPSA) is 54.3 Å². The number of nitrogens with one attached hydrogen (secondary N) is 1. The van der Waals surface area contributed by atoms with Gasteiger partial charge in [-0.25, -0.2) is 0 Å². The molecular weight excluding hydrogens is 228 g/mol. The van der Waals surface area contributed by atoms with Crippen molar-refractivity contribution in [1.82, 2.24) is 9.88 Å². The van der Waals surface area contributed by atoms with E-state index in [1.54, 1.807) is 0 Å². The zero-order chi connectivity index (χ0) is 12.8. The first-order valence-corrected chi connectivity index (χ1v) is 6.89. The predicted octanol–water partition coefficient (Wildman–Crippen LogP) is 2.11. The quantitative estimate of drug-likeness (QED) is 0.694. The highest BCUT2D eigenvalue weighted by Gasteiger charge is 2.26. The average Bonchev–Trinajstić information content (AvgIpc) is 3.11. The van der Waals surface area contributed by atoms with Gasteiger partial charge >= 0.3 is 0 Å². The summed E-state index contributed by atoms with van der Waals surface area (Å²) in [4.78, 5) is 12.0. The molecule has 1 aliphatic carbocycles. The first kappa shape index (κ1) is 13.1. The molecule has 4 heteroatoms. The molecule has 0 aliphatic heterocycles. The van der Waals surface area contributed by atoms with Crippen LogP contribution in [0, 0.1) is 0 Å². The average molecular weight is 250 g/mol. The van der Waals surface area contributed by atoms with E-state index in [9.17, 15) is 4.79 Å². The third-order valence-electron chi connectivity index (χ3n) is 3.32. The molecule has 1 saturated carbocycles. The van der Waals surface area contributed by atoms with Crippen LogP contribution in [0.2, 0.25) is 0 Å². The summed E-state index contributed by atoms with van der Waals surface area (Å²) in [5.41, 5.74) is 0.785. The van der Waals surface area contributed by atoms with Crippen LogP contribution in [0.25, 0.3) is 0 Å². The van der Waals surface area contributed by atoms with Crippen molar-refractivity contribution in [3.05, 3.63) is 24.0 Å². The lowest BCUT2D eigenvalue weighted by atomic mass is 10.2. The number of aliphatic hydroxyl groups is 1. The van der Waals surface area contributed by atoms with Gasteiger partial charge in [0.25, 0.3) is 5.91 Å². The Morgan fingerprint density at radius 3 is 2.83 bits per heavy atom. The Hall–Kier alpha value is -1.29. The van der Waals surface area contributed by atoms with Gasteiger partial charge in [-0.15, -0.1) is 0 Å². The van der Waals surface area contributed by atoms with E-state index in [0.717, 1.165) is 37.9 Å². The van der Waals surface area contributed by atoms with Gasteiger partial charge in [0.1, 0.15) is 5.69 Å². The second-order valence-electron chi connectivity index (χ2n) is 4.93. The van der Waals surface area contributed by atoms with E-state index in [1.807, 2.05) is 18.3 Å². The summed E-state index contributed by atoms with van der Waals surface area (Å²) >= 11 is 0. The third kappa shape index (κ3) is 3.60. The molecule has 1 aromatic heterocycles. The Morgan fingerprint density at radius 1 is 1.33 bits per heavy atom. The number of hydrogen-bond donors (Lipinski definition) is 2. The van der Waals surface area contributed by atoms with Crippen LogP contribution in [0.15, 0.2) is 18.3 Å². The molecule has 2 N–H and O–H groups in total. The van der Waals surface area contributed by atoms with Crippen molar-refractivity contribution < 1.29 is 9.90 Å². The largest absolute Gasteiger partial charge is 0.396 e. The molecule has 0 unspecified atom stereocenters. The van der Waals surface area contributed by atoms with Gasteiger partial charge in [-0.05, 0) is 37.8 Å². The van der Waals surface area contributed by atoms with Crippen molar-refractivity contribution in [3.8, 4) is 0 Å². The summed E-state index contributed by atoms with van der Waals surface area (Å²) in [6, 6.07) is 4.37. The highest BCUT2D eigenvalue weighted by Crippen LogP contribution is 2.35. The molecule has 100 valence electrons. The lowest BCUT2D eigenvalue weighted by Gasteiger charge is -2.08. The summed E-state index contributed by atoms with van der Waals surface area (Å²) in [6.45, 7) is 0.987. The fourth-order valence-electron chi connectivity index (χ4n) is 2.14. The number of amides is 1. The first-order valence-electron chi connectivity index (χ1n) is 6.89. The molecule has 1 aromatic rings. The number of aromatic nitrogens is 1. The van der Waals surface area contributed by atoms with E-state index in [1.165, 1.54) is 12.8 Å². The molecular formula is C14H22N2O2. The molecule has 2 rings (SSSR count). The van der Waals surface area contributed by atoms with Crippen molar-refractivity contribution in [1.29, 1.82) is 0 Å².